The molecule has 2 N–H and O–H groups in total. The van der Waals surface area contributed by atoms with Gasteiger partial charge in [0.25, 0.3) is 0 Å². The summed E-state index contributed by atoms with van der Waals surface area (Å²) in [6, 6.07) is 67.0. The number of hydrogen-bond acceptors (Lipinski definition) is 4. The number of amidine groups is 1. The van der Waals surface area contributed by atoms with Crippen molar-refractivity contribution < 1.29 is 4.42 Å². The molecule has 55 heavy (non-hydrogen) atoms. The number of fused-ring (bicyclic) bond motifs is 6. The number of aliphatic imine (C=N–C) groups is 1. The van der Waals surface area contributed by atoms with E-state index in [1.54, 1.807) is 0 Å². The fourth-order valence-corrected chi connectivity index (χ4v) is 8.45. The molecule has 0 fully saturated rings. The largest absolute Gasteiger partial charge is 0.455 e. The third-order valence-corrected chi connectivity index (χ3v) is 11.1. The highest BCUT2D eigenvalue weighted by atomic mass is 16.3. The maximum atomic E-state index is 6.93. The molecule has 0 saturated heterocycles. The summed E-state index contributed by atoms with van der Waals surface area (Å²) >= 11 is 0. The summed E-state index contributed by atoms with van der Waals surface area (Å²) in [4.78, 5) is 5.16. The number of furan rings is 1. The summed E-state index contributed by atoms with van der Waals surface area (Å²) in [7, 11) is 0. The van der Waals surface area contributed by atoms with Crippen molar-refractivity contribution in [1.82, 2.24) is 10.6 Å². The number of benzene rings is 9. The van der Waals surface area contributed by atoms with Crippen LogP contribution < -0.4 is 10.6 Å². The van der Waals surface area contributed by atoms with Crippen molar-refractivity contribution in [3.8, 4) is 22.3 Å². The van der Waals surface area contributed by atoms with Gasteiger partial charge in [0.05, 0.1) is 0 Å². The molecule has 0 saturated carbocycles. The molecule has 4 nitrogen and oxygen atoms in total. The molecular formula is C51H35N3O. The van der Waals surface area contributed by atoms with Gasteiger partial charge in [0.1, 0.15) is 29.3 Å². The van der Waals surface area contributed by atoms with Crippen LogP contribution in [-0.2, 0) is 0 Å². The van der Waals surface area contributed by atoms with Crippen LogP contribution in [0, 0.1) is 0 Å². The lowest BCUT2D eigenvalue weighted by Crippen LogP contribution is -2.45. The molecule has 2 unspecified atom stereocenters. The van der Waals surface area contributed by atoms with Gasteiger partial charge >= 0.3 is 0 Å². The summed E-state index contributed by atoms with van der Waals surface area (Å²) in [5.74, 6) is 0.870. The van der Waals surface area contributed by atoms with Crippen molar-refractivity contribution in [2.45, 2.75) is 12.3 Å². The zero-order chi connectivity index (χ0) is 36.3. The standard InChI is InChI=1S/C51H35N3O/c1-3-14-33(15-4-1)49-52-50(34-16-5-2-6-17-34)54-51(53-49)44-28-26-42(40-21-11-12-22-41(40)44)43-27-25-39(38-24-23-32-13-7-8-18-35(32)29-38)48-47(43)45-30-36-19-9-10-20-37(36)31-46(45)55-48/h1-31,49,51,53H,(H,52,54). The summed E-state index contributed by atoms with van der Waals surface area (Å²) in [6.07, 6.45) is -0.399. The van der Waals surface area contributed by atoms with Gasteiger partial charge in [-0.1, -0.05) is 164 Å². The molecule has 2 heterocycles. The summed E-state index contributed by atoms with van der Waals surface area (Å²) < 4.78 is 6.93. The summed E-state index contributed by atoms with van der Waals surface area (Å²) in [5, 5.41) is 17.0. The highest BCUT2D eigenvalue weighted by molar-refractivity contribution is 6.20. The van der Waals surface area contributed by atoms with Gasteiger partial charge in [0.2, 0.25) is 0 Å². The van der Waals surface area contributed by atoms with E-state index in [0.717, 1.165) is 72.1 Å². The molecule has 0 aliphatic carbocycles. The molecule has 1 aliphatic rings. The Kier molecular flexibility index (Phi) is 7.35. The Labute approximate surface area is 318 Å². The van der Waals surface area contributed by atoms with Crippen LogP contribution >= 0.6 is 0 Å². The SMILES string of the molecule is c1ccc(C2=NC(c3ccccc3)NC(c3ccc(-c4ccc(-c5ccc6ccccc6c5)c5oc6cc7ccccc7cc6c45)c4ccccc34)N2)cc1. The summed E-state index contributed by atoms with van der Waals surface area (Å²) in [5.41, 5.74) is 9.66. The Morgan fingerprint density at radius 1 is 0.455 bits per heavy atom. The van der Waals surface area contributed by atoms with Crippen LogP contribution in [-0.4, -0.2) is 5.84 Å². The molecule has 10 aromatic rings. The minimum absolute atomic E-state index is 0.187. The van der Waals surface area contributed by atoms with E-state index in [1.807, 2.05) is 12.1 Å². The van der Waals surface area contributed by atoms with E-state index in [4.69, 9.17) is 9.41 Å². The van der Waals surface area contributed by atoms with Crippen LogP contribution in [0.4, 0.5) is 0 Å². The van der Waals surface area contributed by atoms with E-state index in [0.29, 0.717) is 0 Å². The van der Waals surface area contributed by atoms with Gasteiger partial charge in [0, 0.05) is 21.9 Å². The maximum absolute atomic E-state index is 6.93. The Balaban J connectivity index is 1.11. The predicted octanol–water partition coefficient (Wildman–Crippen LogP) is 12.7. The first kappa shape index (κ1) is 31.5. The molecule has 11 rings (SSSR count). The van der Waals surface area contributed by atoms with Crippen LogP contribution in [0.1, 0.15) is 29.0 Å². The Morgan fingerprint density at radius 3 is 1.89 bits per heavy atom. The topological polar surface area (TPSA) is 49.6 Å². The first-order chi connectivity index (χ1) is 27.2. The minimum Gasteiger partial charge on any atom is -0.455 e. The lowest BCUT2D eigenvalue weighted by Gasteiger charge is -2.33. The van der Waals surface area contributed by atoms with Crippen molar-refractivity contribution >= 4 is 60.1 Å². The molecular weight excluding hydrogens is 671 g/mol. The van der Waals surface area contributed by atoms with Crippen LogP contribution in [0.5, 0.6) is 0 Å². The smallest absolute Gasteiger partial charge is 0.143 e. The predicted molar refractivity (Wildman–Crippen MR) is 228 cm³/mol. The van der Waals surface area contributed by atoms with Crippen LogP contribution in [0.25, 0.3) is 76.5 Å². The van der Waals surface area contributed by atoms with Gasteiger partial charge in [-0.05, 0) is 84.4 Å². The summed E-state index contributed by atoms with van der Waals surface area (Å²) in [6.45, 7) is 0. The zero-order valence-corrected chi connectivity index (χ0v) is 29.9. The van der Waals surface area contributed by atoms with E-state index < -0.39 is 0 Å². The second-order valence-electron chi connectivity index (χ2n) is 14.4. The van der Waals surface area contributed by atoms with E-state index >= 15 is 0 Å². The Hall–Kier alpha value is -7.01. The third kappa shape index (κ3) is 5.38. The van der Waals surface area contributed by atoms with Gasteiger partial charge in [-0.25, -0.2) is 4.99 Å². The number of nitrogens with zero attached hydrogens (tertiary/aromatic N) is 1. The molecule has 0 radical (unpaired) electrons. The highest BCUT2D eigenvalue weighted by Gasteiger charge is 2.27. The molecule has 0 bridgehead atoms. The molecule has 0 amide bonds. The number of hydrogen-bond donors (Lipinski definition) is 2. The van der Waals surface area contributed by atoms with E-state index in [2.05, 4.69) is 187 Å². The molecule has 2 atom stereocenters. The van der Waals surface area contributed by atoms with Gasteiger partial charge in [-0.15, -0.1) is 0 Å². The van der Waals surface area contributed by atoms with Gasteiger partial charge in [-0.3, -0.25) is 5.32 Å². The molecule has 260 valence electrons. The van der Waals surface area contributed by atoms with Gasteiger partial charge in [-0.2, -0.15) is 0 Å². The molecule has 1 aliphatic heterocycles. The monoisotopic (exact) mass is 705 g/mol. The molecule has 0 spiro atoms. The Morgan fingerprint density at radius 2 is 1.09 bits per heavy atom. The maximum Gasteiger partial charge on any atom is 0.143 e. The molecule has 1 aromatic heterocycles. The zero-order valence-electron chi connectivity index (χ0n) is 29.9. The molecule has 4 heteroatoms. The van der Waals surface area contributed by atoms with Crippen LogP contribution in [0.2, 0.25) is 0 Å². The fourth-order valence-electron chi connectivity index (χ4n) is 8.45. The molecule has 9 aromatic carbocycles. The minimum atomic E-state index is -0.213. The average Bonchev–Trinajstić information content (AvgIpc) is 3.63. The van der Waals surface area contributed by atoms with E-state index in [-0.39, 0.29) is 12.3 Å². The fraction of sp³-hybridized carbons (Fsp3) is 0.0392. The van der Waals surface area contributed by atoms with Crippen molar-refractivity contribution in [3.63, 3.8) is 0 Å². The number of rotatable bonds is 5. The van der Waals surface area contributed by atoms with Crippen molar-refractivity contribution in [1.29, 1.82) is 0 Å². The Bertz CT molecular complexity index is 3110. The van der Waals surface area contributed by atoms with Crippen LogP contribution in [0.15, 0.2) is 197 Å². The lowest BCUT2D eigenvalue weighted by molar-refractivity contribution is 0.411. The first-order valence-electron chi connectivity index (χ1n) is 18.9. The second-order valence-corrected chi connectivity index (χ2v) is 14.4. The van der Waals surface area contributed by atoms with E-state index in [9.17, 15) is 0 Å². The quantitative estimate of drug-likeness (QED) is 0.187. The van der Waals surface area contributed by atoms with Crippen molar-refractivity contribution in [3.05, 3.63) is 205 Å². The lowest BCUT2D eigenvalue weighted by atomic mass is 9.89. The normalized spacial score (nSPS) is 15.8. The van der Waals surface area contributed by atoms with E-state index in [1.165, 1.54) is 26.9 Å². The van der Waals surface area contributed by atoms with Gasteiger partial charge < -0.3 is 9.73 Å². The van der Waals surface area contributed by atoms with Crippen LogP contribution in [0.3, 0.4) is 0 Å². The van der Waals surface area contributed by atoms with Crippen molar-refractivity contribution in [2.75, 3.05) is 0 Å². The average molecular weight is 706 g/mol. The number of nitrogens with one attached hydrogen (secondary N) is 2. The third-order valence-electron chi connectivity index (χ3n) is 11.1. The second kappa shape index (κ2) is 12.8. The van der Waals surface area contributed by atoms with Gasteiger partial charge in [0.15, 0.2) is 0 Å². The highest BCUT2D eigenvalue weighted by Crippen LogP contribution is 2.45. The first-order valence-corrected chi connectivity index (χ1v) is 18.9. The van der Waals surface area contributed by atoms with Crippen molar-refractivity contribution in [2.24, 2.45) is 4.99 Å².